The van der Waals surface area contributed by atoms with Gasteiger partial charge in [-0.2, -0.15) is 0 Å². The van der Waals surface area contributed by atoms with Gasteiger partial charge in [-0.25, -0.2) is 15.0 Å². The predicted molar refractivity (Wildman–Crippen MR) is 122 cm³/mol. The summed E-state index contributed by atoms with van der Waals surface area (Å²) in [5, 5.41) is 0. The Morgan fingerprint density at radius 3 is 2.58 bits per heavy atom. The minimum Gasteiger partial charge on any atom is -0.437 e. The highest BCUT2D eigenvalue weighted by Gasteiger charge is 2.27. The number of carbonyl (C=O) groups excluding carboxylic acids is 1. The summed E-state index contributed by atoms with van der Waals surface area (Å²) in [6, 6.07) is 13.1. The molecule has 0 aliphatic carbocycles. The summed E-state index contributed by atoms with van der Waals surface area (Å²) >= 11 is 0. The Labute approximate surface area is 191 Å². The van der Waals surface area contributed by atoms with Crippen molar-refractivity contribution in [2.45, 2.75) is 18.8 Å². The maximum atomic E-state index is 13.1. The van der Waals surface area contributed by atoms with E-state index >= 15 is 0 Å². The molecule has 1 saturated heterocycles. The van der Waals surface area contributed by atoms with Crippen molar-refractivity contribution < 1.29 is 9.53 Å². The van der Waals surface area contributed by atoms with Gasteiger partial charge in [-0.05, 0) is 37.1 Å². The number of rotatable bonds is 5. The molecule has 0 saturated carbocycles. The third-order valence-electron chi connectivity index (χ3n) is 5.59. The van der Waals surface area contributed by atoms with Crippen molar-refractivity contribution in [1.82, 2.24) is 29.8 Å². The molecule has 1 fully saturated rings. The lowest BCUT2D eigenvalue weighted by atomic mass is 9.94. The van der Waals surface area contributed by atoms with Crippen molar-refractivity contribution in [2.75, 3.05) is 13.1 Å². The Balaban J connectivity index is 1.28. The number of hydrogen-bond donors (Lipinski definition) is 0. The van der Waals surface area contributed by atoms with Crippen molar-refractivity contribution in [2.24, 2.45) is 0 Å². The molecule has 3 aromatic heterocycles. The number of pyridine rings is 1. The molecular formula is C25H22N6O2. The first-order valence-electron chi connectivity index (χ1n) is 10.8. The lowest BCUT2D eigenvalue weighted by molar-refractivity contribution is 0.0705. The Bertz CT molecular complexity index is 1220. The molecule has 0 radical (unpaired) electrons. The fourth-order valence-corrected chi connectivity index (χ4v) is 3.93. The van der Waals surface area contributed by atoms with Crippen LogP contribution in [0.1, 0.15) is 34.8 Å². The Morgan fingerprint density at radius 1 is 0.939 bits per heavy atom. The van der Waals surface area contributed by atoms with Crippen LogP contribution in [0.2, 0.25) is 0 Å². The number of para-hydroxylation sites is 1. The second-order valence-corrected chi connectivity index (χ2v) is 7.85. The third-order valence-corrected chi connectivity index (χ3v) is 5.59. The molecule has 0 bridgehead atoms. The summed E-state index contributed by atoms with van der Waals surface area (Å²) in [6.45, 7) is 1.29. The zero-order valence-corrected chi connectivity index (χ0v) is 17.9. The van der Waals surface area contributed by atoms with Crippen molar-refractivity contribution in [3.8, 4) is 22.9 Å². The number of ether oxygens (including phenoxy) is 1. The second-order valence-electron chi connectivity index (χ2n) is 7.85. The number of hydrogen-bond acceptors (Lipinski definition) is 7. The summed E-state index contributed by atoms with van der Waals surface area (Å²) < 4.78 is 5.83. The van der Waals surface area contributed by atoms with Crippen LogP contribution < -0.4 is 4.74 Å². The second kappa shape index (κ2) is 9.52. The molecule has 5 rings (SSSR count). The molecule has 1 amide bonds. The van der Waals surface area contributed by atoms with E-state index in [0.29, 0.717) is 30.3 Å². The lowest BCUT2D eigenvalue weighted by Gasteiger charge is -2.32. The van der Waals surface area contributed by atoms with Gasteiger partial charge in [0.25, 0.3) is 5.91 Å². The summed E-state index contributed by atoms with van der Waals surface area (Å²) in [5.74, 6) is 1.23. The molecule has 0 N–H and O–H groups in total. The first-order chi connectivity index (χ1) is 16.3. The van der Waals surface area contributed by atoms with Gasteiger partial charge < -0.3 is 9.64 Å². The average Bonchev–Trinajstić information content (AvgIpc) is 2.90. The van der Waals surface area contributed by atoms with Crippen LogP contribution in [0.25, 0.3) is 11.3 Å². The van der Waals surface area contributed by atoms with Crippen LogP contribution >= 0.6 is 0 Å². The monoisotopic (exact) mass is 438 g/mol. The highest BCUT2D eigenvalue weighted by molar-refractivity contribution is 5.94. The van der Waals surface area contributed by atoms with Crippen LogP contribution in [0.3, 0.4) is 0 Å². The van der Waals surface area contributed by atoms with Crippen LogP contribution in [0.5, 0.6) is 11.6 Å². The minimum atomic E-state index is -0.0345. The van der Waals surface area contributed by atoms with Crippen LogP contribution in [0.4, 0.5) is 0 Å². The zero-order chi connectivity index (χ0) is 22.5. The van der Waals surface area contributed by atoms with Gasteiger partial charge in [0.05, 0.1) is 23.1 Å². The summed E-state index contributed by atoms with van der Waals surface area (Å²) in [7, 11) is 0. The molecule has 4 heterocycles. The van der Waals surface area contributed by atoms with Crippen molar-refractivity contribution >= 4 is 5.91 Å². The lowest BCUT2D eigenvalue weighted by Crippen LogP contribution is -2.39. The van der Waals surface area contributed by atoms with E-state index < -0.39 is 0 Å². The first-order valence-corrected chi connectivity index (χ1v) is 10.8. The maximum Gasteiger partial charge on any atom is 0.255 e. The van der Waals surface area contributed by atoms with E-state index in [2.05, 4.69) is 24.9 Å². The fraction of sp³-hybridized carbons (Fsp3) is 0.200. The van der Waals surface area contributed by atoms with Crippen LogP contribution in [0.15, 0.2) is 79.8 Å². The van der Waals surface area contributed by atoms with Crippen LogP contribution in [-0.4, -0.2) is 48.8 Å². The molecule has 1 aliphatic rings. The molecule has 0 spiro atoms. The SMILES string of the molecule is O=C(c1ccc(-c2cncnc2)nc1)N1CCC[C@@H](c2cncc(Oc3ccccc3)n2)C1. The molecule has 1 aliphatic heterocycles. The first kappa shape index (κ1) is 20.7. The molecule has 1 aromatic carbocycles. The standard InChI is InChI=1S/C25H22N6O2/c32-25(18-8-9-22(29-13-18)20-11-27-17-28-12-20)31-10-4-5-19(16-31)23-14-26-15-24(30-23)33-21-6-2-1-3-7-21/h1-3,6-9,11-15,17,19H,4-5,10,16H2/t19-/m1/s1. The molecule has 1 atom stereocenters. The number of likely N-dealkylation sites (tertiary alicyclic amines) is 1. The minimum absolute atomic E-state index is 0.0345. The normalized spacial score (nSPS) is 15.8. The van der Waals surface area contributed by atoms with Gasteiger partial charge in [0.2, 0.25) is 5.88 Å². The van der Waals surface area contributed by atoms with E-state index in [4.69, 9.17) is 4.74 Å². The van der Waals surface area contributed by atoms with E-state index in [1.54, 1.807) is 37.1 Å². The number of benzene rings is 1. The van der Waals surface area contributed by atoms with Gasteiger partial charge in [-0.1, -0.05) is 18.2 Å². The number of aromatic nitrogens is 5. The van der Waals surface area contributed by atoms with E-state index in [0.717, 1.165) is 29.8 Å². The molecule has 4 aromatic rings. The predicted octanol–water partition coefficient (Wildman–Crippen LogP) is 4.14. The quantitative estimate of drug-likeness (QED) is 0.462. The highest BCUT2D eigenvalue weighted by Crippen LogP contribution is 2.28. The summed E-state index contributed by atoms with van der Waals surface area (Å²) in [4.78, 5) is 36.4. The Morgan fingerprint density at radius 2 is 1.79 bits per heavy atom. The maximum absolute atomic E-state index is 13.1. The van der Waals surface area contributed by atoms with Crippen molar-refractivity contribution in [3.63, 3.8) is 0 Å². The fourth-order valence-electron chi connectivity index (χ4n) is 3.93. The van der Waals surface area contributed by atoms with Crippen molar-refractivity contribution in [3.05, 3.63) is 91.0 Å². The molecule has 164 valence electrons. The molecule has 8 heteroatoms. The highest BCUT2D eigenvalue weighted by atomic mass is 16.5. The topological polar surface area (TPSA) is 94.0 Å². The van der Waals surface area contributed by atoms with E-state index in [1.165, 1.54) is 6.33 Å². The number of amides is 1. The van der Waals surface area contributed by atoms with E-state index in [9.17, 15) is 4.79 Å². The third kappa shape index (κ3) is 4.85. The Kier molecular flexibility index (Phi) is 5.97. The molecular weight excluding hydrogens is 416 g/mol. The van der Waals surface area contributed by atoms with Gasteiger partial charge in [0.1, 0.15) is 12.1 Å². The smallest absolute Gasteiger partial charge is 0.255 e. The van der Waals surface area contributed by atoms with E-state index in [-0.39, 0.29) is 11.8 Å². The van der Waals surface area contributed by atoms with Crippen LogP contribution in [0, 0.1) is 0 Å². The van der Waals surface area contributed by atoms with Gasteiger partial charge >= 0.3 is 0 Å². The average molecular weight is 438 g/mol. The van der Waals surface area contributed by atoms with Crippen LogP contribution in [-0.2, 0) is 0 Å². The van der Waals surface area contributed by atoms with Gasteiger partial charge in [-0.3, -0.25) is 14.8 Å². The van der Waals surface area contributed by atoms with Crippen molar-refractivity contribution in [1.29, 1.82) is 0 Å². The Hall–Kier alpha value is -4.20. The number of carbonyl (C=O) groups is 1. The van der Waals surface area contributed by atoms with Gasteiger partial charge in [0, 0.05) is 49.4 Å². The zero-order valence-electron chi connectivity index (χ0n) is 17.9. The number of nitrogens with zero attached hydrogens (tertiary/aromatic N) is 6. The molecule has 0 unspecified atom stereocenters. The largest absolute Gasteiger partial charge is 0.437 e. The van der Waals surface area contributed by atoms with Gasteiger partial charge in [0.15, 0.2) is 0 Å². The van der Waals surface area contributed by atoms with E-state index in [1.807, 2.05) is 41.3 Å². The molecule has 33 heavy (non-hydrogen) atoms. The van der Waals surface area contributed by atoms with Gasteiger partial charge in [-0.15, -0.1) is 0 Å². The summed E-state index contributed by atoms with van der Waals surface area (Å²) in [5.41, 5.74) is 2.93. The summed E-state index contributed by atoms with van der Waals surface area (Å²) in [6.07, 6.45) is 11.7. The molecule has 8 nitrogen and oxygen atoms in total. The number of piperidine rings is 1.